The summed E-state index contributed by atoms with van der Waals surface area (Å²) < 4.78 is 0. The maximum absolute atomic E-state index is 2.44. The molecule has 4 aliphatic carbocycles. The third-order valence-electron chi connectivity index (χ3n) is 6.17. The van der Waals surface area contributed by atoms with Crippen LogP contribution in [0.1, 0.15) is 51.4 Å². The Morgan fingerprint density at radius 1 is 0.600 bits per heavy atom. The van der Waals surface area contributed by atoms with Crippen molar-refractivity contribution >= 4 is 0 Å². The van der Waals surface area contributed by atoms with E-state index in [9.17, 15) is 0 Å². The summed E-state index contributed by atoms with van der Waals surface area (Å²) in [6, 6.07) is 0. The van der Waals surface area contributed by atoms with E-state index in [0.29, 0.717) is 0 Å². The minimum atomic E-state index is 0.869. The van der Waals surface area contributed by atoms with Crippen LogP contribution in [0.15, 0.2) is 47.6 Å². The van der Waals surface area contributed by atoms with E-state index in [1.807, 2.05) is 0 Å². The number of rotatable bonds is 0. The molecule has 2 fully saturated rings. The van der Waals surface area contributed by atoms with Crippen LogP contribution in [0.25, 0.3) is 0 Å². The third-order valence-corrected chi connectivity index (χ3v) is 6.17. The second-order valence-electron chi connectivity index (χ2n) is 7.13. The van der Waals surface area contributed by atoms with Gasteiger partial charge in [-0.1, -0.05) is 75.0 Å². The van der Waals surface area contributed by atoms with Crippen LogP contribution in [0.5, 0.6) is 0 Å². The van der Waals surface area contributed by atoms with Gasteiger partial charge < -0.3 is 0 Å². The molecule has 0 aromatic heterocycles. The van der Waals surface area contributed by atoms with Crippen molar-refractivity contribution < 1.29 is 0 Å². The van der Waals surface area contributed by atoms with Gasteiger partial charge in [0.1, 0.15) is 0 Å². The Morgan fingerprint density at radius 2 is 1.20 bits per heavy atom. The Bertz CT molecular complexity index is 488. The van der Waals surface area contributed by atoms with Crippen LogP contribution in [0.4, 0.5) is 0 Å². The molecular weight excluding hydrogens is 240 g/mol. The Kier molecular flexibility index (Phi) is 3.42. The summed E-state index contributed by atoms with van der Waals surface area (Å²) in [5.74, 6) is 3.73. The van der Waals surface area contributed by atoms with Crippen LogP contribution in [-0.2, 0) is 0 Å². The SMILES string of the molecule is C1=C/C=C\C2=C(C=C1)C1CCCCCC3CCCC2C31. The summed E-state index contributed by atoms with van der Waals surface area (Å²) >= 11 is 0. The summed E-state index contributed by atoms with van der Waals surface area (Å²) in [4.78, 5) is 0. The van der Waals surface area contributed by atoms with E-state index in [2.05, 4.69) is 36.5 Å². The number of allylic oxidation sites excluding steroid dienone is 8. The summed E-state index contributed by atoms with van der Waals surface area (Å²) in [6.07, 6.45) is 25.5. The molecule has 2 saturated carbocycles. The van der Waals surface area contributed by atoms with Gasteiger partial charge in [-0.2, -0.15) is 0 Å². The second kappa shape index (κ2) is 5.39. The molecule has 4 atom stereocenters. The van der Waals surface area contributed by atoms with Crippen LogP contribution >= 0.6 is 0 Å². The summed E-state index contributed by atoms with van der Waals surface area (Å²) in [5, 5.41) is 0. The fourth-order valence-electron chi connectivity index (χ4n) is 5.44. The fraction of sp³-hybridized carbons (Fsp3) is 0.600. The lowest BCUT2D eigenvalue weighted by Crippen LogP contribution is -2.31. The van der Waals surface area contributed by atoms with Gasteiger partial charge in [-0.25, -0.2) is 0 Å². The van der Waals surface area contributed by atoms with Crippen LogP contribution in [0.3, 0.4) is 0 Å². The highest BCUT2D eigenvalue weighted by molar-refractivity contribution is 5.45. The highest BCUT2D eigenvalue weighted by atomic mass is 14.5. The minimum Gasteiger partial charge on any atom is -0.0623 e. The molecule has 0 spiro atoms. The molecule has 0 bridgehead atoms. The van der Waals surface area contributed by atoms with Gasteiger partial charge in [0.25, 0.3) is 0 Å². The molecule has 0 heteroatoms. The molecular formula is C20H26. The minimum absolute atomic E-state index is 0.869. The first-order valence-corrected chi connectivity index (χ1v) is 8.70. The first-order valence-electron chi connectivity index (χ1n) is 8.70. The molecule has 0 saturated heterocycles. The lowest BCUT2D eigenvalue weighted by atomic mass is 9.65. The lowest BCUT2D eigenvalue weighted by Gasteiger charge is -2.40. The molecule has 4 unspecified atom stereocenters. The van der Waals surface area contributed by atoms with Gasteiger partial charge in [0, 0.05) is 0 Å². The van der Waals surface area contributed by atoms with E-state index in [-0.39, 0.29) is 0 Å². The Balaban J connectivity index is 1.75. The Labute approximate surface area is 123 Å². The van der Waals surface area contributed by atoms with E-state index in [0.717, 1.165) is 23.7 Å². The topological polar surface area (TPSA) is 0 Å². The normalized spacial score (nSPS) is 41.2. The van der Waals surface area contributed by atoms with E-state index in [1.54, 1.807) is 11.1 Å². The van der Waals surface area contributed by atoms with Crippen molar-refractivity contribution in [3.63, 3.8) is 0 Å². The van der Waals surface area contributed by atoms with E-state index in [4.69, 9.17) is 0 Å². The zero-order valence-corrected chi connectivity index (χ0v) is 12.4. The van der Waals surface area contributed by atoms with E-state index >= 15 is 0 Å². The largest absolute Gasteiger partial charge is 0.0623 e. The lowest BCUT2D eigenvalue weighted by molar-refractivity contribution is 0.123. The molecule has 0 heterocycles. The van der Waals surface area contributed by atoms with Crippen LogP contribution in [-0.4, -0.2) is 0 Å². The standard InChI is InChI=1S/C20H26/c1-2-6-12-17-16(11-5-1)18-13-7-3-4-9-15-10-8-14-19(17)20(15)18/h1-2,5-6,11-12,15,18-20H,3-4,7-10,13-14H2/b2-1?,5-1?,6-2?,11-5?,12-6-,16-11?,17-12?. The predicted octanol–water partition coefficient (Wildman–Crippen LogP) is 5.59. The number of hydrogen-bond donors (Lipinski definition) is 0. The highest BCUT2D eigenvalue weighted by Crippen LogP contribution is 2.56. The van der Waals surface area contributed by atoms with Crippen molar-refractivity contribution in [2.75, 3.05) is 0 Å². The van der Waals surface area contributed by atoms with Gasteiger partial charge in [-0.05, 0) is 47.7 Å². The second-order valence-corrected chi connectivity index (χ2v) is 7.13. The molecule has 20 heavy (non-hydrogen) atoms. The fourth-order valence-corrected chi connectivity index (χ4v) is 5.44. The first kappa shape index (κ1) is 12.7. The van der Waals surface area contributed by atoms with Crippen LogP contribution in [0.2, 0.25) is 0 Å². The van der Waals surface area contributed by atoms with Crippen molar-refractivity contribution in [2.45, 2.75) is 51.4 Å². The van der Waals surface area contributed by atoms with Crippen molar-refractivity contribution in [2.24, 2.45) is 23.7 Å². The van der Waals surface area contributed by atoms with Gasteiger partial charge in [0.15, 0.2) is 0 Å². The highest BCUT2D eigenvalue weighted by Gasteiger charge is 2.46. The van der Waals surface area contributed by atoms with Crippen LogP contribution < -0.4 is 0 Å². The molecule has 4 aliphatic rings. The molecule has 106 valence electrons. The molecule has 0 N–H and O–H groups in total. The maximum Gasteiger partial charge on any atom is -0.0122 e. The summed E-state index contributed by atoms with van der Waals surface area (Å²) in [7, 11) is 0. The summed E-state index contributed by atoms with van der Waals surface area (Å²) in [5.41, 5.74) is 3.40. The van der Waals surface area contributed by atoms with Gasteiger partial charge in [0.05, 0.1) is 0 Å². The average molecular weight is 266 g/mol. The van der Waals surface area contributed by atoms with Gasteiger partial charge in [-0.3, -0.25) is 0 Å². The molecule has 0 radical (unpaired) electrons. The monoisotopic (exact) mass is 266 g/mol. The average Bonchev–Trinajstić information content (AvgIpc) is 2.68. The molecule has 0 aliphatic heterocycles. The number of hydrogen-bond acceptors (Lipinski definition) is 0. The Hall–Kier alpha value is -1.04. The molecule has 0 aromatic rings. The van der Waals surface area contributed by atoms with Gasteiger partial charge >= 0.3 is 0 Å². The van der Waals surface area contributed by atoms with Crippen molar-refractivity contribution in [1.29, 1.82) is 0 Å². The third kappa shape index (κ3) is 2.05. The molecule has 0 aromatic carbocycles. The van der Waals surface area contributed by atoms with Gasteiger partial charge in [-0.15, -0.1) is 0 Å². The van der Waals surface area contributed by atoms with Crippen molar-refractivity contribution in [1.82, 2.24) is 0 Å². The van der Waals surface area contributed by atoms with E-state index in [1.165, 1.54) is 51.4 Å². The first-order chi connectivity index (χ1) is 9.95. The summed E-state index contributed by atoms with van der Waals surface area (Å²) in [6.45, 7) is 0. The number of fused-ring (bicyclic) bond motifs is 2. The zero-order valence-electron chi connectivity index (χ0n) is 12.4. The maximum atomic E-state index is 2.44. The van der Waals surface area contributed by atoms with Crippen molar-refractivity contribution in [3.8, 4) is 0 Å². The quantitative estimate of drug-likeness (QED) is 0.536. The van der Waals surface area contributed by atoms with Gasteiger partial charge in [0.2, 0.25) is 0 Å². The van der Waals surface area contributed by atoms with Crippen molar-refractivity contribution in [3.05, 3.63) is 47.6 Å². The Morgan fingerprint density at radius 3 is 1.95 bits per heavy atom. The molecule has 0 nitrogen and oxygen atoms in total. The molecule has 4 rings (SSSR count). The smallest absolute Gasteiger partial charge is 0.0122 e. The zero-order chi connectivity index (χ0) is 13.4. The van der Waals surface area contributed by atoms with E-state index < -0.39 is 0 Å². The predicted molar refractivity (Wildman–Crippen MR) is 85.3 cm³/mol. The molecule has 0 amide bonds. The van der Waals surface area contributed by atoms with Crippen LogP contribution in [0, 0.1) is 23.7 Å².